The number of nitrogens with two attached hydrogens (primary N) is 1. The van der Waals surface area contributed by atoms with Crippen molar-refractivity contribution < 1.29 is 5.11 Å². The zero-order valence-corrected chi connectivity index (χ0v) is 7.55. The Bertz CT molecular complexity index is 468. The molecule has 2 rings (SSSR count). The Labute approximate surface area is 80.6 Å². The molecule has 0 aromatic heterocycles. The van der Waals surface area contributed by atoms with Crippen LogP contribution in [0.4, 0.5) is 5.69 Å². The molecule has 0 aliphatic rings. The highest BCUT2D eigenvalue weighted by Crippen LogP contribution is 2.35. The van der Waals surface area contributed by atoms with Gasteiger partial charge in [0, 0.05) is 22.5 Å². The molecular weight excluding hydrogens is 186 g/mol. The number of halogens is 1. The predicted molar refractivity (Wildman–Crippen MR) is 55.0 cm³/mol. The lowest BCUT2D eigenvalue weighted by molar-refractivity contribution is 0.477. The molecule has 0 bridgehead atoms. The molecule has 66 valence electrons. The van der Waals surface area contributed by atoms with Crippen molar-refractivity contribution in [1.82, 2.24) is 0 Å². The van der Waals surface area contributed by atoms with E-state index >= 15 is 0 Å². The summed E-state index contributed by atoms with van der Waals surface area (Å²) in [5, 5.41) is 11.4. The molecule has 0 fully saturated rings. The molecule has 3 N–H and O–H groups in total. The van der Waals surface area contributed by atoms with Crippen molar-refractivity contribution in [3.05, 3.63) is 35.4 Å². The third kappa shape index (κ3) is 1.19. The SMILES string of the molecule is Nc1cc(O)c(Cl)c2ccccc12. The summed E-state index contributed by atoms with van der Waals surface area (Å²) in [4.78, 5) is 0. The third-order valence-corrected chi connectivity index (χ3v) is 2.39. The normalized spacial score (nSPS) is 10.5. The van der Waals surface area contributed by atoms with Gasteiger partial charge in [0.05, 0.1) is 5.02 Å². The van der Waals surface area contributed by atoms with Gasteiger partial charge in [-0.3, -0.25) is 0 Å². The molecule has 2 aromatic rings. The molecule has 0 aliphatic carbocycles. The van der Waals surface area contributed by atoms with Crippen molar-refractivity contribution in [3.8, 4) is 5.75 Å². The Morgan fingerprint density at radius 1 is 1.15 bits per heavy atom. The van der Waals surface area contributed by atoms with Crippen molar-refractivity contribution in [2.75, 3.05) is 5.73 Å². The van der Waals surface area contributed by atoms with Gasteiger partial charge in [-0.05, 0) is 0 Å². The van der Waals surface area contributed by atoms with E-state index in [1.165, 1.54) is 6.07 Å². The zero-order chi connectivity index (χ0) is 9.42. The number of phenols is 1. The monoisotopic (exact) mass is 193 g/mol. The molecule has 2 aromatic carbocycles. The summed E-state index contributed by atoms with van der Waals surface area (Å²) < 4.78 is 0. The molecule has 0 aliphatic heterocycles. The summed E-state index contributed by atoms with van der Waals surface area (Å²) in [6.07, 6.45) is 0. The second kappa shape index (κ2) is 2.82. The first-order valence-electron chi connectivity index (χ1n) is 3.86. The topological polar surface area (TPSA) is 46.2 Å². The van der Waals surface area contributed by atoms with Gasteiger partial charge in [-0.25, -0.2) is 0 Å². The molecule has 0 unspecified atom stereocenters. The minimum atomic E-state index is 0.0258. The summed E-state index contributed by atoms with van der Waals surface area (Å²) >= 11 is 5.89. The van der Waals surface area contributed by atoms with Crippen LogP contribution in [0.1, 0.15) is 0 Å². The minimum absolute atomic E-state index is 0.0258. The summed E-state index contributed by atoms with van der Waals surface area (Å²) in [5.41, 5.74) is 6.25. The largest absolute Gasteiger partial charge is 0.506 e. The van der Waals surface area contributed by atoms with Crippen LogP contribution in [0.3, 0.4) is 0 Å². The van der Waals surface area contributed by atoms with Crippen molar-refractivity contribution in [2.24, 2.45) is 0 Å². The fourth-order valence-electron chi connectivity index (χ4n) is 1.35. The van der Waals surface area contributed by atoms with Crippen LogP contribution in [0.5, 0.6) is 5.75 Å². The summed E-state index contributed by atoms with van der Waals surface area (Å²) in [6, 6.07) is 8.90. The van der Waals surface area contributed by atoms with Crippen LogP contribution in [-0.2, 0) is 0 Å². The standard InChI is InChI=1S/C10H8ClNO/c11-10-7-4-2-1-3-6(7)8(12)5-9(10)13/h1-5,13H,12H2. The molecule has 0 saturated heterocycles. The first-order chi connectivity index (χ1) is 6.20. The van der Waals surface area contributed by atoms with Gasteiger partial charge < -0.3 is 10.8 Å². The zero-order valence-electron chi connectivity index (χ0n) is 6.79. The highest BCUT2D eigenvalue weighted by atomic mass is 35.5. The van der Waals surface area contributed by atoms with E-state index < -0.39 is 0 Å². The molecule has 0 radical (unpaired) electrons. The molecule has 0 heterocycles. The first-order valence-corrected chi connectivity index (χ1v) is 4.23. The predicted octanol–water partition coefficient (Wildman–Crippen LogP) is 2.78. The highest BCUT2D eigenvalue weighted by Gasteiger charge is 2.06. The van der Waals surface area contributed by atoms with Crippen LogP contribution in [0.25, 0.3) is 10.8 Å². The van der Waals surface area contributed by atoms with Crippen LogP contribution in [0.2, 0.25) is 5.02 Å². The summed E-state index contributed by atoms with van der Waals surface area (Å²) in [6.45, 7) is 0. The molecular formula is C10H8ClNO. The Hall–Kier alpha value is -1.41. The molecule has 0 spiro atoms. The smallest absolute Gasteiger partial charge is 0.136 e. The van der Waals surface area contributed by atoms with E-state index in [1.54, 1.807) is 0 Å². The third-order valence-electron chi connectivity index (χ3n) is 1.99. The Kier molecular flexibility index (Phi) is 1.78. The number of anilines is 1. The molecule has 0 amide bonds. The van der Waals surface area contributed by atoms with Gasteiger partial charge in [0.25, 0.3) is 0 Å². The maximum atomic E-state index is 9.39. The molecule has 0 atom stereocenters. The molecule has 2 nitrogen and oxygen atoms in total. The van der Waals surface area contributed by atoms with E-state index in [-0.39, 0.29) is 5.75 Å². The van der Waals surface area contributed by atoms with Crippen molar-refractivity contribution in [1.29, 1.82) is 0 Å². The average Bonchev–Trinajstić information content (AvgIpc) is 2.15. The lowest BCUT2D eigenvalue weighted by Gasteiger charge is -2.05. The van der Waals surface area contributed by atoms with Crippen LogP contribution in [0, 0.1) is 0 Å². The van der Waals surface area contributed by atoms with E-state index in [9.17, 15) is 5.11 Å². The number of aromatic hydroxyl groups is 1. The van der Waals surface area contributed by atoms with E-state index in [0.717, 1.165) is 10.8 Å². The Balaban J connectivity index is 2.97. The van der Waals surface area contributed by atoms with Crippen LogP contribution in [-0.4, -0.2) is 5.11 Å². The van der Waals surface area contributed by atoms with Gasteiger partial charge in [-0.2, -0.15) is 0 Å². The number of fused-ring (bicyclic) bond motifs is 1. The van der Waals surface area contributed by atoms with E-state index in [1.807, 2.05) is 24.3 Å². The minimum Gasteiger partial charge on any atom is -0.506 e. The Morgan fingerprint density at radius 3 is 2.46 bits per heavy atom. The molecule has 13 heavy (non-hydrogen) atoms. The van der Waals surface area contributed by atoms with Crippen molar-refractivity contribution in [3.63, 3.8) is 0 Å². The first kappa shape index (κ1) is 8.20. The van der Waals surface area contributed by atoms with Crippen LogP contribution >= 0.6 is 11.6 Å². The Morgan fingerprint density at radius 2 is 1.77 bits per heavy atom. The number of phenolic OH excluding ortho intramolecular Hbond substituents is 1. The van der Waals surface area contributed by atoms with Crippen LogP contribution in [0.15, 0.2) is 30.3 Å². The number of benzene rings is 2. The van der Waals surface area contributed by atoms with Gasteiger partial charge in [0.15, 0.2) is 0 Å². The van der Waals surface area contributed by atoms with Gasteiger partial charge in [-0.15, -0.1) is 0 Å². The van der Waals surface area contributed by atoms with Gasteiger partial charge in [0.2, 0.25) is 0 Å². The average molecular weight is 194 g/mol. The molecule has 0 saturated carbocycles. The van der Waals surface area contributed by atoms with E-state index in [0.29, 0.717) is 10.7 Å². The van der Waals surface area contributed by atoms with Gasteiger partial charge >= 0.3 is 0 Å². The fourth-order valence-corrected chi connectivity index (χ4v) is 1.57. The second-order valence-corrected chi connectivity index (χ2v) is 3.22. The summed E-state index contributed by atoms with van der Waals surface area (Å²) in [5.74, 6) is 0.0258. The number of hydrogen-bond acceptors (Lipinski definition) is 2. The molecule has 3 heteroatoms. The van der Waals surface area contributed by atoms with Gasteiger partial charge in [0.1, 0.15) is 5.75 Å². The number of hydrogen-bond donors (Lipinski definition) is 2. The maximum Gasteiger partial charge on any atom is 0.136 e. The van der Waals surface area contributed by atoms with Crippen molar-refractivity contribution in [2.45, 2.75) is 0 Å². The van der Waals surface area contributed by atoms with E-state index in [2.05, 4.69) is 0 Å². The number of nitrogen functional groups attached to an aromatic ring is 1. The van der Waals surface area contributed by atoms with E-state index in [4.69, 9.17) is 17.3 Å². The van der Waals surface area contributed by atoms with Gasteiger partial charge in [-0.1, -0.05) is 35.9 Å². The number of rotatable bonds is 0. The lowest BCUT2D eigenvalue weighted by Crippen LogP contribution is -1.87. The quantitative estimate of drug-likeness (QED) is 0.632. The lowest BCUT2D eigenvalue weighted by atomic mass is 10.1. The maximum absolute atomic E-state index is 9.39. The second-order valence-electron chi connectivity index (χ2n) is 2.84. The highest BCUT2D eigenvalue weighted by molar-refractivity contribution is 6.37. The summed E-state index contributed by atoms with van der Waals surface area (Å²) in [7, 11) is 0. The fraction of sp³-hybridized carbons (Fsp3) is 0. The van der Waals surface area contributed by atoms with Crippen molar-refractivity contribution >= 4 is 28.1 Å². The van der Waals surface area contributed by atoms with Crippen LogP contribution < -0.4 is 5.73 Å².